The highest BCUT2D eigenvalue weighted by molar-refractivity contribution is 6.32. The molecular weight excluding hydrogens is 250 g/mol. The van der Waals surface area contributed by atoms with Crippen molar-refractivity contribution in [3.63, 3.8) is 0 Å². The van der Waals surface area contributed by atoms with E-state index in [4.69, 9.17) is 17.4 Å². The molecule has 0 aliphatic carbocycles. The van der Waals surface area contributed by atoms with Crippen molar-refractivity contribution in [1.29, 1.82) is 0 Å². The second-order valence-corrected chi connectivity index (χ2v) is 4.54. The fourth-order valence-electron chi connectivity index (χ4n) is 2.13. The van der Waals surface area contributed by atoms with Crippen molar-refractivity contribution in [3.8, 4) is 0 Å². The second-order valence-electron chi connectivity index (χ2n) is 4.13. The Morgan fingerprint density at radius 3 is 2.50 bits per heavy atom. The third-order valence-corrected chi connectivity index (χ3v) is 3.26. The minimum absolute atomic E-state index is 0.366. The van der Waals surface area contributed by atoms with Gasteiger partial charge >= 0.3 is 0 Å². The lowest BCUT2D eigenvalue weighted by atomic mass is 10.1. The van der Waals surface area contributed by atoms with E-state index < -0.39 is 0 Å². The highest BCUT2D eigenvalue weighted by atomic mass is 35.5. The second kappa shape index (κ2) is 4.44. The first-order chi connectivity index (χ1) is 8.78. The molecule has 0 spiro atoms. The van der Waals surface area contributed by atoms with E-state index in [1.807, 2.05) is 12.1 Å². The average molecular weight is 262 g/mol. The van der Waals surface area contributed by atoms with Gasteiger partial charge in [0, 0.05) is 13.1 Å². The lowest BCUT2D eigenvalue weighted by Crippen LogP contribution is -2.19. The molecule has 2 heterocycles. The number of hydrogen-bond donors (Lipinski definition) is 2. The molecule has 6 heteroatoms. The van der Waals surface area contributed by atoms with Crippen LogP contribution in [-0.2, 0) is 13.1 Å². The average Bonchev–Trinajstić information content (AvgIpc) is 2.82. The molecule has 0 unspecified atom stereocenters. The molecule has 0 radical (unpaired) electrons. The van der Waals surface area contributed by atoms with Crippen LogP contribution in [0.25, 0.3) is 0 Å². The molecule has 0 fully saturated rings. The zero-order chi connectivity index (χ0) is 12.5. The fraction of sp³-hybridized carbons (Fsp3) is 0.167. The quantitative estimate of drug-likeness (QED) is 0.639. The molecule has 3 rings (SSSR count). The molecule has 0 saturated heterocycles. The Bertz CT molecular complexity index is 561. The highest BCUT2D eigenvalue weighted by Gasteiger charge is 2.22. The van der Waals surface area contributed by atoms with Gasteiger partial charge in [-0.15, -0.1) is 0 Å². The standard InChI is InChI=1S/C12H12ClN5/c13-10-5-15-12(17-14)16-11(10)18-6-8-3-1-2-4-9(8)7-18/h1-5H,6-7,14H2,(H,15,16,17). The van der Waals surface area contributed by atoms with Gasteiger partial charge in [0.05, 0.1) is 6.20 Å². The van der Waals surface area contributed by atoms with Crippen LogP contribution in [0.2, 0.25) is 5.02 Å². The molecule has 0 saturated carbocycles. The largest absolute Gasteiger partial charge is 0.347 e. The number of halogens is 1. The van der Waals surface area contributed by atoms with Gasteiger partial charge in [-0.25, -0.2) is 10.8 Å². The number of nitrogens with zero attached hydrogens (tertiary/aromatic N) is 3. The van der Waals surface area contributed by atoms with Crippen molar-refractivity contribution in [3.05, 3.63) is 46.6 Å². The van der Waals surface area contributed by atoms with Crippen LogP contribution in [0.4, 0.5) is 11.8 Å². The van der Waals surface area contributed by atoms with E-state index >= 15 is 0 Å². The summed E-state index contributed by atoms with van der Waals surface area (Å²) < 4.78 is 0. The number of fused-ring (bicyclic) bond motifs is 1. The predicted octanol–water partition coefficient (Wildman–Crippen LogP) is 1.94. The predicted molar refractivity (Wildman–Crippen MR) is 71.2 cm³/mol. The zero-order valence-electron chi connectivity index (χ0n) is 9.60. The van der Waals surface area contributed by atoms with Crippen molar-refractivity contribution in [2.24, 2.45) is 5.84 Å². The van der Waals surface area contributed by atoms with Crippen molar-refractivity contribution in [2.45, 2.75) is 13.1 Å². The maximum absolute atomic E-state index is 6.14. The van der Waals surface area contributed by atoms with Gasteiger partial charge in [-0.3, -0.25) is 5.43 Å². The van der Waals surface area contributed by atoms with Crippen LogP contribution in [0, 0.1) is 0 Å². The zero-order valence-corrected chi connectivity index (χ0v) is 10.4. The smallest absolute Gasteiger partial charge is 0.239 e. The first-order valence-corrected chi connectivity index (χ1v) is 5.96. The first kappa shape index (κ1) is 11.3. The summed E-state index contributed by atoms with van der Waals surface area (Å²) in [6, 6.07) is 8.31. The monoisotopic (exact) mass is 261 g/mol. The van der Waals surface area contributed by atoms with E-state index in [9.17, 15) is 0 Å². The van der Waals surface area contributed by atoms with Crippen LogP contribution < -0.4 is 16.2 Å². The summed E-state index contributed by atoms with van der Waals surface area (Å²) in [5, 5.41) is 0.529. The minimum Gasteiger partial charge on any atom is -0.347 e. The van der Waals surface area contributed by atoms with E-state index in [1.54, 1.807) is 6.20 Å². The number of benzene rings is 1. The van der Waals surface area contributed by atoms with Crippen molar-refractivity contribution < 1.29 is 0 Å². The third kappa shape index (κ3) is 1.87. The van der Waals surface area contributed by atoms with Gasteiger partial charge in [0.15, 0.2) is 5.82 Å². The summed E-state index contributed by atoms with van der Waals surface area (Å²) in [4.78, 5) is 10.4. The van der Waals surface area contributed by atoms with Crippen LogP contribution in [0.3, 0.4) is 0 Å². The summed E-state index contributed by atoms with van der Waals surface area (Å²) in [7, 11) is 0. The SMILES string of the molecule is NNc1ncc(Cl)c(N2Cc3ccccc3C2)n1. The number of aromatic nitrogens is 2. The van der Waals surface area contributed by atoms with Crippen LogP contribution in [0.15, 0.2) is 30.5 Å². The van der Waals surface area contributed by atoms with Gasteiger partial charge < -0.3 is 4.90 Å². The summed E-state index contributed by atoms with van der Waals surface area (Å²) in [6.45, 7) is 1.60. The fourth-order valence-corrected chi connectivity index (χ4v) is 2.34. The Morgan fingerprint density at radius 1 is 1.22 bits per heavy atom. The van der Waals surface area contributed by atoms with Gasteiger partial charge in [0.2, 0.25) is 5.95 Å². The Hall–Kier alpha value is -1.85. The Labute approximate surface area is 110 Å². The van der Waals surface area contributed by atoms with E-state index in [-0.39, 0.29) is 0 Å². The molecule has 0 amide bonds. The van der Waals surface area contributed by atoms with Crippen LogP contribution in [0.1, 0.15) is 11.1 Å². The Balaban J connectivity index is 1.94. The molecule has 5 nitrogen and oxygen atoms in total. The van der Waals surface area contributed by atoms with Crippen LogP contribution in [-0.4, -0.2) is 9.97 Å². The molecule has 1 aliphatic rings. The third-order valence-electron chi connectivity index (χ3n) is 3.00. The van der Waals surface area contributed by atoms with E-state index in [1.165, 1.54) is 11.1 Å². The molecule has 3 N–H and O–H groups in total. The number of nitrogens with two attached hydrogens (primary N) is 1. The van der Waals surface area contributed by atoms with Crippen molar-refractivity contribution in [1.82, 2.24) is 9.97 Å². The van der Waals surface area contributed by atoms with Gasteiger partial charge in [-0.05, 0) is 11.1 Å². The van der Waals surface area contributed by atoms with Gasteiger partial charge in [0.1, 0.15) is 5.02 Å². The lowest BCUT2D eigenvalue weighted by Gasteiger charge is -2.18. The molecule has 18 heavy (non-hydrogen) atoms. The molecule has 0 atom stereocenters. The molecule has 2 aromatic rings. The number of rotatable bonds is 2. The van der Waals surface area contributed by atoms with Gasteiger partial charge in [0.25, 0.3) is 0 Å². The number of nitrogens with one attached hydrogen (secondary N) is 1. The molecule has 1 aromatic carbocycles. The van der Waals surface area contributed by atoms with E-state index in [0.29, 0.717) is 16.8 Å². The van der Waals surface area contributed by atoms with Crippen LogP contribution >= 0.6 is 11.6 Å². The summed E-state index contributed by atoms with van der Waals surface area (Å²) >= 11 is 6.14. The van der Waals surface area contributed by atoms with Gasteiger partial charge in [-0.2, -0.15) is 4.98 Å². The molecule has 1 aliphatic heterocycles. The van der Waals surface area contributed by atoms with Crippen LogP contribution in [0.5, 0.6) is 0 Å². The van der Waals surface area contributed by atoms with Crippen molar-refractivity contribution >= 4 is 23.4 Å². The number of hydrazine groups is 1. The molecule has 0 bridgehead atoms. The number of nitrogen functional groups attached to an aromatic ring is 1. The molecule has 92 valence electrons. The highest BCUT2D eigenvalue weighted by Crippen LogP contribution is 2.31. The minimum atomic E-state index is 0.366. The Morgan fingerprint density at radius 2 is 1.89 bits per heavy atom. The van der Waals surface area contributed by atoms with E-state index in [0.717, 1.165) is 13.1 Å². The number of anilines is 2. The maximum Gasteiger partial charge on any atom is 0.239 e. The topological polar surface area (TPSA) is 67.1 Å². The van der Waals surface area contributed by atoms with E-state index in [2.05, 4.69) is 32.4 Å². The Kier molecular flexibility index (Phi) is 2.77. The first-order valence-electron chi connectivity index (χ1n) is 5.59. The lowest BCUT2D eigenvalue weighted by molar-refractivity contribution is 0.851. The van der Waals surface area contributed by atoms with Gasteiger partial charge in [-0.1, -0.05) is 35.9 Å². The summed E-state index contributed by atoms with van der Waals surface area (Å²) in [6.07, 6.45) is 1.56. The maximum atomic E-state index is 6.14. The van der Waals surface area contributed by atoms with Crippen molar-refractivity contribution in [2.75, 3.05) is 10.3 Å². The summed E-state index contributed by atoms with van der Waals surface area (Å²) in [5.74, 6) is 6.39. The number of hydrogen-bond acceptors (Lipinski definition) is 5. The molecular formula is C12H12ClN5. The normalized spacial score (nSPS) is 13.6. The summed E-state index contributed by atoms with van der Waals surface area (Å²) in [5.41, 5.74) is 5.03. The molecule has 1 aromatic heterocycles.